The van der Waals surface area contributed by atoms with Gasteiger partial charge in [-0.15, -0.1) is 12.4 Å². The van der Waals surface area contributed by atoms with Crippen molar-refractivity contribution < 1.29 is 14.3 Å². The fraction of sp³-hybridized carbons (Fsp3) is 0.667. The summed E-state index contributed by atoms with van der Waals surface area (Å²) < 4.78 is 11.6. The first-order chi connectivity index (χ1) is 12.7. The molecule has 1 aromatic rings. The molecule has 1 aliphatic carbocycles. The van der Waals surface area contributed by atoms with Gasteiger partial charge in [0.15, 0.2) is 11.5 Å². The average molecular weight is 397 g/mol. The minimum Gasteiger partial charge on any atom is -0.493 e. The Morgan fingerprint density at radius 2 is 1.89 bits per heavy atom. The molecule has 6 heteroatoms. The largest absolute Gasteiger partial charge is 0.493 e. The van der Waals surface area contributed by atoms with Crippen LogP contribution in [0.25, 0.3) is 0 Å². The molecule has 0 radical (unpaired) electrons. The van der Waals surface area contributed by atoms with Crippen molar-refractivity contribution >= 4 is 18.3 Å². The third kappa shape index (κ3) is 6.89. The van der Waals surface area contributed by atoms with E-state index in [4.69, 9.17) is 9.47 Å². The van der Waals surface area contributed by atoms with Gasteiger partial charge in [0, 0.05) is 13.0 Å². The molecule has 152 valence electrons. The SMILES string of the molecule is COc1cc(CNC(=O)CCC2CCNCC2)ccc1OC1CCCC1.Cl. The van der Waals surface area contributed by atoms with E-state index in [0.717, 1.165) is 49.4 Å². The fourth-order valence-electron chi connectivity index (χ4n) is 3.90. The van der Waals surface area contributed by atoms with Crippen LogP contribution >= 0.6 is 12.4 Å². The number of halogens is 1. The molecule has 2 fully saturated rings. The van der Waals surface area contributed by atoms with Crippen molar-refractivity contribution in [2.45, 2.75) is 64.0 Å². The van der Waals surface area contributed by atoms with Gasteiger partial charge in [-0.2, -0.15) is 0 Å². The number of ether oxygens (including phenoxy) is 2. The van der Waals surface area contributed by atoms with Gasteiger partial charge in [0.2, 0.25) is 5.91 Å². The van der Waals surface area contributed by atoms with Crippen LogP contribution in [0.3, 0.4) is 0 Å². The number of nitrogens with one attached hydrogen (secondary N) is 2. The highest BCUT2D eigenvalue weighted by molar-refractivity contribution is 5.85. The second-order valence-electron chi connectivity index (χ2n) is 7.52. The zero-order chi connectivity index (χ0) is 18.2. The van der Waals surface area contributed by atoms with E-state index in [2.05, 4.69) is 10.6 Å². The van der Waals surface area contributed by atoms with Crippen LogP contribution in [0, 0.1) is 5.92 Å². The Bertz CT molecular complexity index is 585. The van der Waals surface area contributed by atoms with Crippen molar-refractivity contribution in [1.82, 2.24) is 10.6 Å². The molecule has 2 N–H and O–H groups in total. The molecule has 0 atom stereocenters. The number of hydrogen-bond acceptors (Lipinski definition) is 4. The summed E-state index contributed by atoms with van der Waals surface area (Å²) in [5.41, 5.74) is 1.04. The summed E-state index contributed by atoms with van der Waals surface area (Å²) in [5.74, 6) is 2.38. The topological polar surface area (TPSA) is 59.6 Å². The van der Waals surface area contributed by atoms with Crippen molar-refractivity contribution in [3.05, 3.63) is 23.8 Å². The van der Waals surface area contributed by atoms with Crippen molar-refractivity contribution in [1.29, 1.82) is 0 Å². The van der Waals surface area contributed by atoms with Gasteiger partial charge in [-0.25, -0.2) is 0 Å². The number of piperidine rings is 1. The lowest BCUT2D eigenvalue weighted by Crippen LogP contribution is -2.29. The second kappa shape index (κ2) is 11.4. The Hall–Kier alpha value is -1.46. The molecular formula is C21H33ClN2O3. The normalized spacial score (nSPS) is 18.0. The Kier molecular flexibility index (Phi) is 9.22. The minimum absolute atomic E-state index is 0. The highest BCUT2D eigenvalue weighted by Gasteiger charge is 2.19. The molecule has 0 unspecified atom stereocenters. The van der Waals surface area contributed by atoms with Gasteiger partial charge in [-0.05, 0) is 81.6 Å². The molecular weight excluding hydrogens is 364 g/mol. The van der Waals surface area contributed by atoms with Crippen molar-refractivity contribution in [3.8, 4) is 11.5 Å². The molecule has 0 spiro atoms. The molecule has 27 heavy (non-hydrogen) atoms. The fourth-order valence-corrected chi connectivity index (χ4v) is 3.90. The van der Waals surface area contributed by atoms with Crippen LogP contribution in [0.4, 0.5) is 0 Å². The van der Waals surface area contributed by atoms with Gasteiger partial charge in [0.25, 0.3) is 0 Å². The van der Waals surface area contributed by atoms with Crippen LogP contribution in [0.2, 0.25) is 0 Å². The first kappa shape index (κ1) is 21.8. The van der Waals surface area contributed by atoms with E-state index < -0.39 is 0 Å². The highest BCUT2D eigenvalue weighted by Crippen LogP contribution is 2.32. The molecule has 1 heterocycles. The third-order valence-electron chi connectivity index (χ3n) is 5.55. The van der Waals surface area contributed by atoms with Crippen LogP contribution < -0.4 is 20.1 Å². The first-order valence-electron chi connectivity index (χ1n) is 10.1. The Labute approximate surface area is 169 Å². The van der Waals surface area contributed by atoms with Gasteiger partial charge in [-0.1, -0.05) is 6.07 Å². The molecule has 1 aromatic carbocycles. The predicted molar refractivity (Wildman–Crippen MR) is 110 cm³/mol. The van der Waals surface area contributed by atoms with E-state index in [-0.39, 0.29) is 18.3 Å². The summed E-state index contributed by atoms with van der Waals surface area (Å²) in [6.07, 6.45) is 9.03. The number of carbonyl (C=O) groups is 1. The zero-order valence-corrected chi connectivity index (χ0v) is 17.1. The lowest BCUT2D eigenvalue weighted by molar-refractivity contribution is -0.121. The van der Waals surface area contributed by atoms with Gasteiger partial charge in [0.1, 0.15) is 0 Å². The minimum atomic E-state index is 0. The molecule has 2 aliphatic rings. The van der Waals surface area contributed by atoms with Gasteiger partial charge in [-0.3, -0.25) is 4.79 Å². The lowest BCUT2D eigenvalue weighted by atomic mass is 9.93. The molecule has 1 saturated carbocycles. The van der Waals surface area contributed by atoms with Gasteiger partial charge >= 0.3 is 0 Å². The Morgan fingerprint density at radius 3 is 2.59 bits per heavy atom. The Balaban J connectivity index is 0.00000261. The summed E-state index contributed by atoms with van der Waals surface area (Å²) in [4.78, 5) is 12.1. The van der Waals surface area contributed by atoms with Crippen LogP contribution in [0.1, 0.15) is 56.9 Å². The maximum atomic E-state index is 12.1. The predicted octanol–water partition coefficient (Wildman–Crippen LogP) is 3.83. The summed E-state index contributed by atoms with van der Waals surface area (Å²) in [6, 6.07) is 5.95. The number of amides is 1. The van der Waals surface area contributed by atoms with Crippen LogP contribution in [-0.4, -0.2) is 32.2 Å². The van der Waals surface area contributed by atoms with E-state index in [1.54, 1.807) is 7.11 Å². The molecule has 1 amide bonds. The first-order valence-corrected chi connectivity index (χ1v) is 10.1. The number of benzene rings is 1. The monoisotopic (exact) mass is 396 g/mol. The quantitative estimate of drug-likeness (QED) is 0.701. The lowest BCUT2D eigenvalue weighted by Gasteiger charge is -2.22. The molecule has 5 nitrogen and oxygen atoms in total. The van der Waals surface area contributed by atoms with Crippen molar-refractivity contribution in [2.24, 2.45) is 5.92 Å². The summed E-state index contributed by atoms with van der Waals surface area (Å²) in [6.45, 7) is 2.70. The van der Waals surface area contributed by atoms with Crippen LogP contribution in [0.15, 0.2) is 18.2 Å². The molecule has 0 bridgehead atoms. The van der Waals surface area contributed by atoms with Crippen molar-refractivity contribution in [3.63, 3.8) is 0 Å². The zero-order valence-electron chi connectivity index (χ0n) is 16.3. The number of carbonyl (C=O) groups excluding carboxylic acids is 1. The van der Waals surface area contributed by atoms with E-state index >= 15 is 0 Å². The van der Waals surface area contributed by atoms with Gasteiger partial charge in [0.05, 0.1) is 13.2 Å². The van der Waals surface area contributed by atoms with Gasteiger partial charge < -0.3 is 20.1 Å². The molecule has 1 aliphatic heterocycles. The molecule has 3 rings (SSSR count). The maximum Gasteiger partial charge on any atom is 0.220 e. The standard InChI is InChI=1S/C21H32N2O3.ClH/c1-25-20-14-17(6-8-19(20)26-18-4-2-3-5-18)15-23-21(24)9-7-16-10-12-22-13-11-16;/h6,8,14,16,18,22H,2-5,7,9-13,15H2,1H3,(H,23,24);1H. The summed E-state index contributed by atoms with van der Waals surface area (Å²) >= 11 is 0. The van der Waals surface area contributed by atoms with E-state index in [0.29, 0.717) is 25.0 Å². The molecule has 0 aromatic heterocycles. The smallest absolute Gasteiger partial charge is 0.220 e. The Morgan fingerprint density at radius 1 is 1.15 bits per heavy atom. The third-order valence-corrected chi connectivity index (χ3v) is 5.55. The van der Waals surface area contributed by atoms with E-state index in [9.17, 15) is 4.79 Å². The van der Waals surface area contributed by atoms with E-state index in [1.807, 2.05) is 18.2 Å². The van der Waals surface area contributed by atoms with Crippen LogP contribution in [0.5, 0.6) is 11.5 Å². The number of methoxy groups -OCH3 is 1. The van der Waals surface area contributed by atoms with E-state index in [1.165, 1.54) is 25.7 Å². The average Bonchev–Trinajstić information content (AvgIpc) is 3.19. The van der Waals surface area contributed by atoms with Crippen molar-refractivity contribution in [2.75, 3.05) is 20.2 Å². The maximum absolute atomic E-state index is 12.1. The van der Waals surface area contributed by atoms with Crippen LogP contribution in [-0.2, 0) is 11.3 Å². The summed E-state index contributed by atoms with van der Waals surface area (Å²) in [5, 5.41) is 6.40. The second-order valence-corrected chi connectivity index (χ2v) is 7.52. The highest BCUT2D eigenvalue weighted by atomic mass is 35.5. The number of hydrogen-bond donors (Lipinski definition) is 2. The number of rotatable bonds is 8. The summed E-state index contributed by atoms with van der Waals surface area (Å²) in [7, 11) is 1.66. The molecule has 1 saturated heterocycles.